The Labute approximate surface area is 102 Å². The van der Waals surface area contributed by atoms with Crippen LogP contribution in [0.4, 0.5) is 5.69 Å². The molecule has 92 valence electrons. The van der Waals surface area contributed by atoms with Crippen LogP contribution in [0.2, 0.25) is 0 Å². The van der Waals surface area contributed by atoms with E-state index in [2.05, 4.69) is 11.5 Å². The summed E-state index contributed by atoms with van der Waals surface area (Å²) in [6.07, 6.45) is 0. The zero-order valence-electron chi connectivity index (χ0n) is 9.62. The third kappa shape index (κ3) is 2.68. The molecular formula is C12H16N2O2S. The topological polar surface area (TPSA) is 40.6 Å². The van der Waals surface area contributed by atoms with Gasteiger partial charge in [0.15, 0.2) is 0 Å². The molecule has 4 nitrogen and oxygen atoms in total. The monoisotopic (exact) mass is 252 g/mol. The molecule has 1 heterocycles. The van der Waals surface area contributed by atoms with Crippen LogP contribution in [0.3, 0.4) is 0 Å². The van der Waals surface area contributed by atoms with Crippen molar-refractivity contribution in [3.63, 3.8) is 0 Å². The lowest BCUT2D eigenvalue weighted by Gasteiger charge is -2.34. The van der Waals surface area contributed by atoms with E-state index in [0.717, 1.165) is 24.2 Å². The van der Waals surface area contributed by atoms with Crippen molar-refractivity contribution in [2.45, 2.75) is 0 Å². The Hall–Kier alpha value is -1.33. The zero-order valence-corrected chi connectivity index (χ0v) is 10.4. The Morgan fingerprint density at radius 2 is 1.65 bits per heavy atom. The predicted molar refractivity (Wildman–Crippen MR) is 69.3 cm³/mol. The van der Waals surface area contributed by atoms with Gasteiger partial charge in [-0.3, -0.25) is 0 Å². The number of anilines is 1. The number of rotatable bonds is 3. The molecule has 0 atom stereocenters. The first-order valence-corrected chi connectivity index (χ1v) is 7.06. The van der Waals surface area contributed by atoms with Crippen molar-refractivity contribution in [3.8, 4) is 0 Å². The molecule has 0 radical (unpaired) electrons. The first kappa shape index (κ1) is 12.1. The van der Waals surface area contributed by atoms with Crippen LogP contribution >= 0.6 is 0 Å². The number of nitrogens with zero attached hydrogens (tertiary/aromatic N) is 2. The molecule has 0 unspecified atom stereocenters. The molecule has 0 saturated carbocycles. The lowest BCUT2D eigenvalue weighted by molar-refractivity contribution is 0.390. The lowest BCUT2D eigenvalue weighted by Crippen LogP contribution is -2.48. The van der Waals surface area contributed by atoms with Crippen LogP contribution in [0.5, 0.6) is 0 Å². The number of hydrogen-bond donors (Lipinski definition) is 0. The highest BCUT2D eigenvalue weighted by molar-refractivity contribution is 7.92. The van der Waals surface area contributed by atoms with Crippen LogP contribution in [0.25, 0.3) is 0 Å². The highest BCUT2D eigenvalue weighted by Gasteiger charge is 2.24. The summed E-state index contributed by atoms with van der Waals surface area (Å²) in [6, 6.07) is 10.0. The van der Waals surface area contributed by atoms with Gasteiger partial charge in [-0.2, -0.15) is 4.31 Å². The fourth-order valence-electron chi connectivity index (χ4n) is 1.95. The second-order valence-corrected chi connectivity index (χ2v) is 5.81. The SMILES string of the molecule is C=CS(=O)(=O)N1CCN(c2ccccc2)CC1. The summed E-state index contributed by atoms with van der Waals surface area (Å²) < 4.78 is 24.6. The fraction of sp³-hybridized carbons (Fsp3) is 0.333. The molecule has 1 fully saturated rings. The summed E-state index contributed by atoms with van der Waals surface area (Å²) in [6.45, 7) is 5.81. The van der Waals surface area contributed by atoms with Crippen LogP contribution in [0.1, 0.15) is 0 Å². The highest BCUT2D eigenvalue weighted by atomic mass is 32.2. The number of piperazine rings is 1. The number of para-hydroxylation sites is 1. The Kier molecular flexibility index (Phi) is 3.49. The van der Waals surface area contributed by atoms with E-state index in [-0.39, 0.29) is 0 Å². The molecule has 0 aromatic heterocycles. The van der Waals surface area contributed by atoms with E-state index in [9.17, 15) is 8.42 Å². The maximum atomic E-state index is 11.6. The van der Waals surface area contributed by atoms with Gasteiger partial charge in [-0.25, -0.2) is 8.42 Å². The second-order valence-electron chi connectivity index (χ2n) is 3.93. The summed E-state index contributed by atoms with van der Waals surface area (Å²) in [5.74, 6) is 0. The minimum atomic E-state index is -3.26. The summed E-state index contributed by atoms with van der Waals surface area (Å²) in [7, 11) is -3.26. The number of benzene rings is 1. The summed E-state index contributed by atoms with van der Waals surface area (Å²) in [5.41, 5.74) is 1.14. The van der Waals surface area contributed by atoms with Crippen LogP contribution in [0, 0.1) is 0 Å². The molecule has 0 bridgehead atoms. The van der Waals surface area contributed by atoms with Crippen molar-refractivity contribution in [1.29, 1.82) is 0 Å². The maximum Gasteiger partial charge on any atom is 0.235 e. The van der Waals surface area contributed by atoms with E-state index < -0.39 is 10.0 Å². The van der Waals surface area contributed by atoms with Gasteiger partial charge in [0.2, 0.25) is 10.0 Å². The Morgan fingerprint density at radius 1 is 1.06 bits per heavy atom. The summed E-state index contributed by atoms with van der Waals surface area (Å²) in [5, 5.41) is 1.02. The molecule has 0 aliphatic carbocycles. The molecule has 2 rings (SSSR count). The van der Waals surface area contributed by atoms with Gasteiger partial charge in [0.05, 0.1) is 0 Å². The average molecular weight is 252 g/mol. The molecule has 1 aromatic carbocycles. The van der Waals surface area contributed by atoms with Crippen LogP contribution in [-0.2, 0) is 10.0 Å². The smallest absolute Gasteiger partial charge is 0.235 e. The quantitative estimate of drug-likeness (QED) is 0.813. The van der Waals surface area contributed by atoms with Gasteiger partial charge in [-0.15, -0.1) is 0 Å². The van der Waals surface area contributed by atoms with E-state index in [1.165, 1.54) is 4.31 Å². The Balaban J connectivity index is 2.02. The largest absolute Gasteiger partial charge is 0.369 e. The van der Waals surface area contributed by atoms with Crippen molar-refractivity contribution in [1.82, 2.24) is 4.31 Å². The van der Waals surface area contributed by atoms with Gasteiger partial charge in [0.1, 0.15) is 0 Å². The maximum absolute atomic E-state index is 11.6. The van der Waals surface area contributed by atoms with E-state index in [1.807, 2.05) is 30.3 Å². The molecule has 0 N–H and O–H groups in total. The summed E-state index contributed by atoms with van der Waals surface area (Å²) in [4.78, 5) is 2.19. The second kappa shape index (κ2) is 4.89. The van der Waals surface area contributed by atoms with E-state index in [1.54, 1.807) is 0 Å². The van der Waals surface area contributed by atoms with Crippen molar-refractivity contribution in [2.24, 2.45) is 0 Å². The summed E-state index contributed by atoms with van der Waals surface area (Å²) >= 11 is 0. The molecular weight excluding hydrogens is 236 g/mol. The molecule has 0 amide bonds. The minimum absolute atomic E-state index is 0.517. The molecule has 0 spiro atoms. The normalized spacial score (nSPS) is 18.0. The number of sulfonamides is 1. The van der Waals surface area contributed by atoms with Gasteiger partial charge in [0.25, 0.3) is 0 Å². The van der Waals surface area contributed by atoms with E-state index >= 15 is 0 Å². The van der Waals surface area contributed by atoms with Gasteiger partial charge in [0, 0.05) is 37.3 Å². The Morgan fingerprint density at radius 3 is 2.18 bits per heavy atom. The van der Waals surface area contributed by atoms with Gasteiger partial charge < -0.3 is 4.90 Å². The van der Waals surface area contributed by atoms with Crippen molar-refractivity contribution < 1.29 is 8.42 Å². The first-order valence-electron chi connectivity index (χ1n) is 5.56. The van der Waals surface area contributed by atoms with Crippen LogP contribution < -0.4 is 4.90 Å². The van der Waals surface area contributed by atoms with Crippen LogP contribution in [-0.4, -0.2) is 38.9 Å². The molecule has 1 aromatic rings. The molecule has 17 heavy (non-hydrogen) atoms. The minimum Gasteiger partial charge on any atom is -0.369 e. The van der Waals surface area contributed by atoms with Gasteiger partial charge in [-0.05, 0) is 12.1 Å². The van der Waals surface area contributed by atoms with Crippen LogP contribution in [0.15, 0.2) is 42.3 Å². The molecule has 1 aliphatic rings. The molecule has 1 saturated heterocycles. The average Bonchev–Trinajstić information content (AvgIpc) is 2.40. The first-order chi connectivity index (χ1) is 8.13. The highest BCUT2D eigenvalue weighted by Crippen LogP contribution is 2.17. The number of hydrogen-bond acceptors (Lipinski definition) is 3. The van der Waals surface area contributed by atoms with Crippen molar-refractivity contribution >= 4 is 15.7 Å². The van der Waals surface area contributed by atoms with Crippen molar-refractivity contribution in [3.05, 3.63) is 42.3 Å². The zero-order chi connectivity index (χ0) is 12.3. The molecule has 5 heteroatoms. The standard InChI is InChI=1S/C12H16N2O2S/c1-2-17(15,16)14-10-8-13(9-11-14)12-6-4-3-5-7-12/h2-7H,1,8-11H2. The van der Waals surface area contributed by atoms with Gasteiger partial charge >= 0.3 is 0 Å². The molecule has 1 aliphatic heterocycles. The predicted octanol–water partition coefficient (Wildman–Crippen LogP) is 1.28. The lowest BCUT2D eigenvalue weighted by atomic mass is 10.2. The van der Waals surface area contributed by atoms with Gasteiger partial charge in [-0.1, -0.05) is 24.8 Å². The Bertz CT molecular complexity index is 476. The van der Waals surface area contributed by atoms with E-state index in [4.69, 9.17) is 0 Å². The third-order valence-electron chi connectivity index (χ3n) is 2.93. The van der Waals surface area contributed by atoms with E-state index in [0.29, 0.717) is 13.1 Å². The fourth-order valence-corrected chi connectivity index (χ4v) is 2.83. The van der Waals surface area contributed by atoms with Crippen molar-refractivity contribution in [2.75, 3.05) is 31.1 Å². The third-order valence-corrected chi connectivity index (χ3v) is 4.44.